The molecule has 0 aliphatic carbocycles. The van der Waals surface area contributed by atoms with E-state index in [-0.39, 0.29) is 17.6 Å². The Balaban J connectivity index is 3.16. The molecule has 0 aliphatic rings. The summed E-state index contributed by atoms with van der Waals surface area (Å²) in [5.41, 5.74) is 2.55. The SMILES string of the molecule is CCOC(C(NC)c1ccc(OC)cc1C)C(C)(C)C. The molecule has 0 amide bonds. The quantitative estimate of drug-likeness (QED) is 0.861. The van der Waals surface area contributed by atoms with E-state index in [2.05, 4.69) is 45.1 Å². The molecule has 0 aliphatic heterocycles. The van der Waals surface area contributed by atoms with Gasteiger partial charge < -0.3 is 14.8 Å². The Bertz CT molecular complexity index is 423. The third-order valence-electron chi connectivity index (χ3n) is 3.63. The second-order valence-electron chi connectivity index (χ2n) is 6.23. The minimum atomic E-state index is 0.0655. The maximum atomic E-state index is 6.03. The summed E-state index contributed by atoms with van der Waals surface area (Å²) in [6.07, 6.45) is 0.115. The van der Waals surface area contributed by atoms with Crippen molar-refractivity contribution in [3.05, 3.63) is 29.3 Å². The fourth-order valence-corrected chi connectivity index (χ4v) is 2.62. The molecule has 0 saturated heterocycles. The van der Waals surface area contributed by atoms with E-state index in [0.29, 0.717) is 0 Å². The number of hydrogen-bond donors (Lipinski definition) is 1. The molecule has 0 spiro atoms. The Labute approximate surface area is 123 Å². The van der Waals surface area contributed by atoms with Gasteiger partial charge in [-0.1, -0.05) is 26.8 Å². The Kier molecular flexibility index (Phi) is 6.03. The fourth-order valence-electron chi connectivity index (χ4n) is 2.62. The van der Waals surface area contributed by atoms with E-state index >= 15 is 0 Å². The van der Waals surface area contributed by atoms with Gasteiger partial charge in [0.15, 0.2) is 0 Å². The lowest BCUT2D eigenvalue weighted by Crippen LogP contribution is -2.41. The van der Waals surface area contributed by atoms with Crippen molar-refractivity contribution < 1.29 is 9.47 Å². The lowest BCUT2D eigenvalue weighted by Gasteiger charge is -2.37. The highest BCUT2D eigenvalue weighted by molar-refractivity contribution is 5.37. The van der Waals surface area contributed by atoms with Crippen molar-refractivity contribution in [2.45, 2.75) is 46.8 Å². The van der Waals surface area contributed by atoms with E-state index < -0.39 is 0 Å². The topological polar surface area (TPSA) is 30.5 Å². The first-order chi connectivity index (χ1) is 9.35. The first-order valence-electron chi connectivity index (χ1n) is 7.28. The molecule has 1 aromatic carbocycles. The summed E-state index contributed by atoms with van der Waals surface area (Å²) in [5.74, 6) is 0.893. The lowest BCUT2D eigenvalue weighted by atomic mass is 9.81. The summed E-state index contributed by atoms with van der Waals surface area (Å²) in [6, 6.07) is 6.39. The van der Waals surface area contributed by atoms with Crippen LogP contribution in [0.2, 0.25) is 0 Å². The number of aryl methyl sites for hydroxylation is 1. The molecule has 1 rings (SSSR count). The van der Waals surface area contributed by atoms with Gasteiger partial charge in [-0.15, -0.1) is 0 Å². The highest BCUT2D eigenvalue weighted by Crippen LogP contribution is 2.34. The number of rotatable bonds is 6. The largest absolute Gasteiger partial charge is 0.497 e. The zero-order chi connectivity index (χ0) is 15.3. The van der Waals surface area contributed by atoms with Crippen molar-refractivity contribution in [3.63, 3.8) is 0 Å². The second-order valence-corrected chi connectivity index (χ2v) is 6.23. The van der Waals surface area contributed by atoms with Crippen molar-refractivity contribution >= 4 is 0 Å². The van der Waals surface area contributed by atoms with Crippen LogP contribution in [0, 0.1) is 12.3 Å². The minimum absolute atomic E-state index is 0.0655. The van der Waals surface area contributed by atoms with Gasteiger partial charge in [-0.25, -0.2) is 0 Å². The van der Waals surface area contributed by atoms with Crippen molar-refractivity contribution in [1.82, 2.24) is 5.32 Å². The smallest absolute Gasteiger partial charge is 0.119 e. The van der Waals surface area contributed by atoms with Crippen molar-refractivity contribution in [1.29, 1.82) is 0 Å². The van der Waals surface area contributed by atoms with Crippen LogP contribution >= 0.6 is 0 Å². The molecule has 2 unspecified atom stereocenters. The molecule has 114 valence electrons. The highest BCUT2D eigenvalue weighted by Gasteiger charge is 2.33. The van der Waals surface area contributed by atoms with Crippen LogP contribution in [0.3, 0.4) is 0 Å². The second kappa shape index (κ2) is 7.09. The summed E-state index contributed by atoms with van der Waals surface area (Å²) in [7, 11) is 3.69. The van der Waals surface area contributed by atoms with E-state index in [0.717, 1.165) is 12.4 Å². The van der Waals surface area contributed by atoms with E-state index in [9.17, 15) is 0 Å². The average molecular weight is 279 g/mol. The fraction of sp³-hybridized carbons (Fsp3) is 0.647. The van der Waals surface area contributed by atoms with Gasteiger partial charge in [0.1, 0.15) is 5.75 Å². The van der Waals surface area contributed by atoms with Gasteiger partial charge in [0, 0.05) is 6.61 Å². The predicted molar refractivity (Wildman–Crippen MR) is 84.4 cm³/mol. The van der Waals surface area contributed by atoms with Gasteiger partial charge >= 0.3 is 0 Å². The van der Waals surface area contributed by atoms with Gasteiger partial charge in [-0.3, -0.25) is 0 Å². The predicted octanol–water partition coefficient (Wildman–Crippen LogP) is 3.72. The molecule has 1 aromatic rings. The molecule has 0 aromatic heterocycles. The molecule has 0 heterocycles. The van der Waals surface area contributed by atoms with Gasteiger partial charge in [-0.2, -0.15) is 0 Å². The molecule has 2 atom stereocenters. The zero-order valence-electron chi connectivity index (χ0n) is 13.9. The molecule has 0 radical (unpaired) electrons. The molecular weight excluding hydrogens is 250 g/mol. The lowest BCUT2D eigenvalue weighted by molar-refractivity contribution is -0.0352. The van der Waals surface area contributed by atoms with Crippen LogP contribution in [0.25, 0.3) is 0 Å². The molecule has 1 N–H and O–H groups in total. The normalized spacial score (nSPS) is 14.9. The number of benzene rings is 1. The summed E-state index contributed by atoms with van der Waals surface area (Å²) < 4.78 is 11.3. The number of methoxy groups -OCH3 is 1. The first kappa shape index (κ1) is 17.0. The van der Waals surface area contributed by atoms with Crippen LogP contribution < -0.4 is 10.1 Å². The number of nitrogens with one attached hydrogen (secondary N) is 1. The third kappa shape index (κ3) is 3.97. The maximum Gasteiger partial charge on any atom is 0.119 e. The number of likely N-dealkylation sites (N-methyl/N-ethyl adjacent to an activating group) is 1. The maximum absolute atomic E-state index is 6.03. The average Bonchev–Trinajstić information content (AvgIpc) is 2.38. The van der Waals surface area contributed by atoms with E-state index in [4.69, 9.17) is 9.47 Å². The van der Waals surface area contributed by atoms with Gasteiger partial charge in [-0.05, 0) is 49.6 Å². The first-order valence-corrected chi connectivity index (χ1v) is 7.28. The summed E-state index contributed by atoms with van der Waals surface area (Å²) >= 11 is 0. The summed E-state index contributed by atoms with van der Waals surface area (Å²) in [5, 5.41) is 3.42. The van der Waals surface area contributed by atoms with Crippen LogP contribution in [0.15, 0.2) is 18.2 Å². The Morgan fingerprint density at radius 1 is 1.25 bits per heavy atom. The van der Waals surface area contributed by atoms with E-state index in [1.165, 1.54) is 11.1 Å². The molecule has 0 bridgehead atoms. The van der Waals surface area contributed by atoms with Gasteiger partial charge in [0.25, 0.3) is 0 Å². The Morgan fingerprint density at radius 3 is 2.30 bits per heavy atom. The Morgan fingerprint density at radius 2 is 1.90 bits per heavy atom. The van der Waals surface area contributed by atoms with E-state index in [1.807, 2.05) is 20.0 Å². The zero-order valence-corrected chi connectivity index (χ0v) is 13.9. The summed E-state index contributed by atoms with van der Waals surface area (Å²) in [4.78, 5) is 0. The standard InChI is InChI=1S/C17H29NO2/c1-8-20-16(17(3,4)5)15(18-6)14-10-9-13(19-7)11-12(14)2/h9-11,15-16,18H,8H2,1-7H3. The van der Waals surface area contributed by atoms with Gasteiger partial charge in [0.05, 0.1) is 19.3 Å². The molecular formula is C17H29NO2. The number of ether oxygens (including phenoxy) is 2. The molecule has 20 heavy (non-hydrogen) atoms. The van der Waals surface area contributed by atoms with E-state index in [1.54, 1.807) is 7.11 Å². The summed E-state index contributed by atoms with van der Waals surface area (Å²) in [6.45, 7) is 11.5. The minimum Gasteiger partial charge on any atom is -0.497 e. The number of hydrogen-bond acceptors (Lipinski definition) is 3. The third-order valence-corrected chi connectivity index (χ3v) is 3.63. The van der Waals surface area contributed by atoms with Crippen LogP contribution in [0.1, 0.15) is 44.9 Å². The molecule has 0 saturated carbocycles. The molecule has 0 fully saturated rings. The molecule has 3 heteroatoms. The van der Waals surface area contributed by atoms with Crippen molar-refractivity contribution in [3.8, 4) is 5.75 Å². The van der Waals surface area contributed by atoms with Crippen molar-refractivity contribution in [2.75, 3.05) is 20.8 Å². The monoisotopic (exact) mass is 279 g/mol. The van der Waals surface area contributed by atoms with Gasteiger partial charge in [0.2, 0.25) is 0 Å². The highest BCUT2D eigenvalue weighted by atomic mass is 16.5. The molecule has 3 nitrogen and oxygen atoms in total. The van der Waals surface area contributed by atoms with Crippen LogP contribution in [0.4, 0.5) is 0 Å². The van der Waals surface area contributed by atoms with Crippen LogP contribution in [-0.4, -0.2) is 26.9 Å². The Hall–Kier alpha value is -1.06. The van der Waals surface area contributed by atoms with Crippen LogP contribution in [0.5, 0.6) is 5.75 Å². The van der Waals surface area contributed by atoms with Crippen molar-refractivity contribution in [2.24, 2.45) is 5.41 Å². The van der Waals surface area contributed by atoms with Crippen LogP contribution in [-0.2, 0) is 4.74 Å².